The topological polar surface area (TPSA) is 38.8 Å². The Kier molecular flexibility index (Phi) is 5.45. The van der Waals surface area contributed by atoms with Crippen LogP contribution in [0.3, 0.4) is 0 Å². The number of halogens is 1. The van der Waals surface area contributed by atoms with E-state index in [4.69, 9.17) is 21.1 Å². The second kappa shape index (κ2) is 7.58. The summed E-state index contributed by atoms with van der Waals surface area (Å²) in [6.45, 7) is 2.47. The Balaban J connectivity index is 1.88. The molecule has 1 aliphatic heterocycles. The van der Waals surface area contributed by atoms with Gasteiger partial charge in [0.05, 0.1) is 19.5 Å². The smallest absolute Gasteiger partial charge is 0.236 e. The molecule has 0 aromatic heterocycles. The number of hydrogen-bond acceptors (Lipinski definition) is 4. The molecule has 0 bridgehead atoms. The first-order valence-electron chi connectivity index (χ1n) is 7.95. The average Bonchev–Trinajstić information content (AvgIpc) is 2.90. The molecule has 2 aromatic rings. The molecule has 1 aliphatic rings. The van der Waals surface area contributed by atoms with Crippen LogP contribution in [0, 0.1) is 0 Å². The highest BCUT2D eigenvalue weighted by atomic mass is 35.5. The van der Waals surface area contributed by atoms with Crippen molar-refractivity contribution in [1.82, 2.24) is 4.90 Å². The Morgan fingerprint density at radius 1 is 1.08 bits per heavy atom. The largest absolute Gasteiger partial charge is 0.493 e. The molecule has 0 aliphatic carbocycles. The van der Waals surface area contributed by atoms with Crippen molar-refractivity contribution in [2.75, 3.05) is 14.2 Å². The molecular weight excluding hydrogens is 358 g/mol. The first-order chi connectivity index (χ1) is 12.0. The monoisotopic (exact) mass is 377 g/mol. The van der Waals surface area contributed by atoms with E-state index in [9.17, 15) is 4.79 Å². The van der Waals surface area contributed by atoms with Crippen molar-refractivity contribution in [2.24, 2.45) is 0 Å². The molecule has 0 N–H and O–H groups in total. The zero-order valence-electron chi connectivity index (χ0n) is 14.4. The molecule has 0 spiro atoms. The van der Waals surface area contributed by atoms with Gasteiger partial charge in [-0.15, -0.1) is 11.8 Å². The van der Waals surface area contributed by atoms with Crippen LogP contribution in [0.4, 0.5) is 0 Å². The molecule has 1 heterocycles. The summed E-state index contributed by atoms with van der Waals surface area (Å²) >= 11 is 7.65. The number of nitrogens with zero attached hydrogens (tertiary/aromatic N) is 1. The molecule has 1 amide bonds. The highest BCUT2D eigenvalue weighted by molar-refractivity contribution is 8.01. The van der Waals surface area contributed by atoms with Crippen LogP contribution in [0.15, 0.2) is 42.5 Å². The fourth-order valence-electron chi connectivity index (χ4n) is 2.90. The maximum Gasteiger partial charge on any atom is 0.236 e. The summed E-state index contributed by atoms with van der Waals surface area (Å²) in [5.41, 5.74) is 2.08. The van der Waals surface area contributed by atoms with Gasteiger partial charge in [0.25, 0.3) is 0 Å². The molecule has 2 atom stereocenters. The molecule has 132 valence electrons. The van der Waals surface area contributed by atoms with E-state index in [1.807, 2.05) is 54.3 Å². The summed E-state index contributed by atoms with van der Waals surface area (Å²) in [7, 11) is 3.22. The molecule has 0 radical (unpaired) electrons. The summed E-state index contributed by atoms with van der Waals surface area (Å²) in [5.74, 6) is 1.48. The Labute approximate surface area is 157 Å². The zero-order valence-corrected chi connectivity index (χ0v) is 15.9. The number of carbonyl (C=O) groups excluding carboxylic acids is 1. The first-order valence-corrected chi connectivity index (χ1v) is 9.28. The second-order valence-corrected chi connectivity index (χ2v) is 7.70. The van der Waals surface area contributed by atoms with Crippen LogP contribution in [-0.2, 0) is 11.3 Å². The van der Waals surface area contributed by atoms with Crippen LogP contribution in [0.2, 0.25) is 5.02 Å². The maximum atomic E-state index is 12.7. The van der Waals surface area contributed by atoms with Gasteiger partial charge in [0.2, 0.25) is 5.91 Å². The van der Waals surface area contributed by atoms with Gasteiger partial charge in [-0.1, -0.05) is 29.8 Å². The summed E-state index contributed by atoms with van der Waals surface area (Å²) < 4.78 is 10.6. The van der Waals surface area contributed by atoms with Crippen LogP contribution in [0.5, 0.6) is 11.5 Å². The summed E-state index contributed by atoms with van der Waals surface area (Å²) in [4.78, 5) is 14.6. The quantitative estimate of drug-likeness (QED) is 0.767. The van der Waals surface area contributed by atoms with Gasteiger partial charge >= 0.3 is 0 Å². The summed E-state index contributed by atoms with van der Waals surface area (Å²) in [6, 6.07) is 13.4. The van der Waals surface area contributed by atoms with Gasteiger partial charge in [-0.25, -0.2) is 0 Å². The van der Waals surface area contributed by atoms with Gasteiger partial charge in [0.15, 0.2) is 11.5 Å². The van der Waals surface area contributed by atoms with Crippen LogP contribution in [-0.4, -0.2) is 30.3 Å². The third-order valence-electron chi connectivity index (χ3n) is 4.20. The van der Waals surface area contributed by atoms with Crippen molar-refractivity contribution in [3.8, 4) is 11.5 Å². The normalized spacial score (nSPS) is 20.0. The van der Waals surface area contributed by atoms with Crippen molar-refractivity contribution in [2.45, 2.75) is 24.1 Å². The number of benzene rings is 2. The minimum atomic E-state index is -0.0687. The van der Waals surface area contributed by atoms with E-state index in [0.717, 1.165) is 11.1 Å². The number of methoxy groups -OCH3 is 2. The van der Waals surface area contributed by atoms with Crippen LogP contribution in [0.1, 0.15) is 23.4 Å². The van der Waals surface area contributed by atoms with Gasteiger partial charge in [-0.05, 0) is 42.3 Å². The fraction of sp³-hybridized carbons (Fsp3) is 0.316. The molecule has 2 aromatic carbocycles. The third-order valence-corrected chi connectivity index (χ3v) is 5.85. The lowest BCUT2D eigenvalue weighted by atomic mass is 10.1. The number of rotatable bonds is 5. The van der Waals surface area contributed by atoms with Gasteiger partial charge in [-0.3, -0.25) is 4.79 Å². The predicted molar refractivity (Wildman–Crippen MR) is 101 cm³/mol. The van der Waals surface area contributed by atoms with E-state index in [-0.39, 0.29) is 16.5 Å². The molecule has 0 unspecified atom stereocenters. The second-order valence-electron chi connectivity index (χ2n) is 5.84. The van der Waals surface area contributed by atoms with Crippen LogP contribution < -0.4 is 9.47 Å². The molecule has 1 saturated heterocycles. The van der Waals surface area contributed by atoms with E-state index < -0.39 is 0 Å². The van der Waals surface area contributed by atoms with Gasteiger partial charge in [-0.2, -0.15) is 0 Å². The fourth-order valence-corrected chi connectivity index (χ4v) is 4.30. The van der Waals surface area contributed by atoms with Crippen molar-refractivity contribution in [3.63, 3.8) is 0 Å². The van der Waals surface area contributed by atoms with Gasteiger partial charge in [0, 0.05) is 11.6 Å². The molecular formula is C19H20ClNO3S. The zero-order chi connectivity index (χ0) is 18.0. The lowest BCUT2D eigenvalue weighted by Gasteiger charge is -2.24. The number of thioether (sulfide) groups is 1. The Hall–Kier alpha value is -1.85. The van der Waals surface area contributed by atoms with E-state index in [1.54, 1.807) is 26.0 Å². The molecule has 6 heteroatoms. The number of hydrogen-bond donors (Lipinski definition) is 0. The molecule has 1 fully saturated rings. The summed E-state index contributed by atoms with van der Waals surface area (Å²) in [6.07, 6.45) is 0. The highest BCUT2D eigenvalue weighted by Crippen LogP contribution is 2.44. The predicted octanol–water partition coefficient (Wildman–Crippen LogP) is 4.52. The Bertz CT molecular complexity index is 766. The lowest BCUT2D eigenvalue weighted by molar-refractivity contribution is -0.130. The number of amides is 1. The van der Waals surface area contributed by atoms with Crippen molar-refractivity contribution < 1.29 is 14.3 Å². The lowest BCUT2D eigenvalue weighted by Crippen LogP contribution is -2.29. The maximum absolute atomic E-state index is 12.7. The standard InChI is InChI=1S/C19H20ClNO3S/c1-12-18(22)21(19(25-12)14-5-7-15(20)8-6-14)11-13-4-9-16(23-2)17(10-13)24-3/h4-10,12,19H,11H2,1-3H3/t12-,19-/m1/s1. The SMILES string of the molecule is COc1ccc(CN2C(=O)[C@@H](C)S[C@@H]2c2ccc(Cl)cc2)cc1OC. The van der Waals surface area contributed by atoms with E-state index in [2.05, 4.69) is 0 Å². The first kappa shape index (κ1) is 18.0. The molecule has 4 nitrogen and oxygen atoms in total. The number of ether oxygens (including phenoxy) is 2. The Morgan fingerprint density at radius 2 is 1.76 bits per heavy atom. The molecule has 3 rings (SSSR count). The minimum Gasteiger partial charge on any atom is -0.493 e. The van der Waals surface area contributed by atoms with E-state index >= 15 is 0 Å². The average molecular weight is 378 g/mol. The van der Waals surface area contributed by atoms with Gasteiger partial charge in [0.1, 0.15) is 5.37 Å². The van der Waals surface area contributed by atoms with E-state index in [0.29, 0.717) is 23.1 Å². The van der Waals surface area contributed by atoms with Gasteiger partial charge < -0.3 is 14.4 Å². The third kappa shape index (κ3) is 3.72. The molecule has 0 saturated carbocycles. The highest BCUT2D eigenvalue weighted by Gasteiger charge is 2.38. The van der Waals surface area contributed by atoms with Crippen LogP contribution >= 0.6 is 23.4 Å². The number of carbonyl (C=O) groups is 1. The van der Waals surface area contributed by atoms with Crippen LogP contribution in [0.25, 0.3) is 0 Å². The Morgan fingerprint density at radius 3 is 2.40 bits per heavy atom. The molecule has 25 heavy (non-hydrogen) atoms. The minimum absolute atomic E-state index is 0.0205. The summed E-state index contributed by atoms with van der Waals surface area (Å²) in [5, 5.41) is 0.603. The van der Waals surface area contributed by atoms with Crippen molar-refractivity contribution in [3.05, 3.63) is 58.6 Å². The van der Waals surface area contributed by atoms with Crippen molar-refractivity contribution in [1.29, 1.82) is 0 Å². The van der Waals surface area contributed by atoms with Crippen molar-refractivity contribution >= 4 is 29.3 Å². The van der Waals surface area contributed by atoms with E-state index in [1.165, 1.54) is 0 Å².